The van der Waals surface area contributed by atoms with Crippen molar-refractivity contribution in [3.05, 3.63) is 16.4 Å². The Bertz CT molecular complexity index is 1150. The van der Waals surface area contributed by atoms with Crippen molar-refractivity contribution >= 4 is 29.5 Å². The molecule has 3 N–H and O–H groups in total. The number of amides is 2. The van der Waals surface area contributed by atoms with E-state index >= 15 is 0 Å². The summed E-state index contributed by atoms with van der Waals surface area (Å²) in [5.41, 5.74) is -0.00787. The van der Waals surface area contributed by atoms with E-state index in [1.165, 1.54) is 21.6 Å². The molecule has 3 aliphatic rings. The maximum absolute atomic E-state index is 13.1. The Balaban J connectivity index is 1.31. The Morgan fingerprint density at radius 1 is 1.36 bits per heavy atom. The molecule has 13 nitrogen and oxygen atoms in total. The lowest BCUT2D eigenvalue weighted by atomic mass is 9.78. The molecule has 1 aromatic rings. The first-order chi connectivity index (χ1) is 18.3. The van der Waals surface area contributed by atoms with E-state index in [4.69, 9.17) is 4.74 Å². The van der Waals surface area contributed by atoms with Crippen molar-refractivity contribution in [1.82, 2.24) is 40.6 Å². The third kappa shape index (κ3) is 5.76. The summed E-state index contributed by atoms with van der Waals surface area (Å²) in [6.07, 6.45) is -4.12. The first kappa shape index (κ1) is 29.2. The zero-order chi connectivity index (χ0) is 28.6. The van der Waals surface area contributed by atoms with E-state index < -0.39 is 23.9 Å². The van der Waals surface area contributed by atoms with Crippen molar-refractivity contribution in [2.24, 2.45) is 11.8 Å². The van der Waals surface area contributed by atoms with Crippen LogP contribution in [-0.4, -0.2) is 110 Å². The highest BCUT2D eigenvalue weighted by atomic mass is 32.2. The summed E-state index contributed by atoms with van der Waals surface area (Å²) >= 11 is 1.41. The zero-order valence-electron chi connectivity index (χ0n) is 21.8. The van der Waals surface area contributed by atoms with Crippen LogP contribution in [0.3, 0.4) is 0 Å². The van der Waals surface area contributed by atoms with Gasteiger partial charge in [-0.25, -0.2) is 9.48 Å². The van der Waals surface area contributed by atoms with Crippen molar-refractivity contribution in [3.8, 4) is 0 Å². The van der Waals surface area contributed by atoms with Crippen molar-refractivity contribution < 1.29 is 37.4 Å². The van der Waals surface area contributed by atoms with Crippen LogP contribution >= 0.6 is 11.8 Å². The van der Waals surface area contributed by atoms with E-state index in [1.54, 1.807) is 21.0 Å². The molecule has 4 rings (SSSR count). The Labute approximate surface area is 226 Å². The molecule has 0 aromatic carbocycles. The number of fused-ring (bicyclic) bond motifs is 1. The largest absolute Gasteiger partial charge is 0.477 e. The number of carbonyl (C=O) groups excluding carboxylic acids is 2. The van der Waals surface area contributed by atoms with Crippen molar-refractivity contribution in [3.63, 3.8) is 0 Å². The maximum atomic E-state index is 13.1. The van der Waals surface area contributed by atoms with Crippen LogP contribution in [0.25, 0.3) is 0 Å². The van der Waals surface area contributed by atoms with Gasteiger partial charge in [-0.3, -0.25) is 14.9 Å². The number of aliphatic carboxylic acids is 1. The number of likely N-dealkylation sites (N-methyl/N-ethyl adjacent to an activating group) is 1. The fourth-order valence-electron chi connectivity index (χ4n) is 5.27. The molecule has 1 aromatic heterocycles. The summed E-state index contributed by atoms with van der Waals surface area (Å²) in [5.74, 6) is -3.46. The molecule has 216 valence electrons. The normalized spacial score (nSPS) is 27.5. The molecule has 0 radical (unpaired) electrons. The number of rotatable bonds is 11. The summed E-state index contributed by atoms with van der Waals surface area (Å²) in [6, 6.07) is -1.06. The van der Waals surface area contributed by atoms with Gasteiger partial charge in [-0.1, -0.05) is 6.92 Å². The highest BCUT2D eigenvalue weighted by Crippen LogP contribution is 2.51. The van der Waals surface area contributed by atoms with Gasteiger partial charge >= 0.3 is 12.1 Å². The van der Waals surface area contributed by atoms with Crippen molar-refractivity contribution in [2.45, 2.75) is 56.4 Å². The molecule has 0 bridgehead atoms. The predicted octanol–water partition coefficient (Wildman–Crippen LogP) is -0.0311. The Kier molecular flexibility index (Phi) is 8.53. The van der Waals surface area contributed by atoms with Gasteiger partial charge in [0.2, 0.25) is 11.8 Å². The van der Waals surface area contributed by atoms with Crippen molar-refractivity contribution in [1.29, 1.82) is 0 Å². The number of carbonyl (C=O) groups is 3. The van der Waals surface area contributed by atoms with Gasteiger partial charge in [-0.05, 0) is 23.8 Å². The number of β-lactam (4-membered cyclic amide) rings is 1. The van der Waals surface area contributed by atoms with Gasteiger partial charge in [0.05, 0.1) is 37.9 Å². The maximum Gasteiger partial charge on any atom is 0.453 e. The highest BCUT2D eigenvalue weighted by molar-refractivity contribution is 8.03. The van der Waals surface area contributed by atoms with Gasteiger partial charge in [-0.15, -0.1) is 16.9 Å². The zero-order valence-corrected chi connectivity index (χ0v) is 22.6. The quantitative estimate of drug-likeness (QED) is 0.185. The number of alkyl halides is 3. The minimum atomic E-state index is -4.68. The molecule has 0 spiro atoms. The summed E-state index contributed by atoms with van der Waals surface area (Å²) < 4.78 is 44.6. The fraction of sp³-hybridized carbons (Fsp3) is 0.727. The second-order valence-corrected chi connectivity index (χ2v) is 11.3. The second-order valence-electron chi connectivity index (χ2n) is 9.97. The lowest BCUT2D eigenvalue weighted by Crippen LogP contribution is -2.65. The molecule has 0 aliphatic carbocycles. The lowest BCUT2D eigenvalue weighted by molar-refractivity contribution is -0.158. The molecule has 2 amide bonds. The van der Waals surface area contributed by atoms with Gasteiger partial charge in [0.15, 0.2) is 0 Å². The number of carboxylic acids is 1. The Morgan fingerprint density at radius 3 is 2.72 bits per heavy atom. The Hall–Kier alpha value is -2.76. The van der Waals surface area contributed by atoms with Crippen LogP contribution in [0.15, 0.2) is 10.6 Å². The summed E-state index contributed by atoms with van der Waals surface area (Å²) in [5, 5.41) is 25.5. The SMILES string of the molecule is C[C@@H](NCOCCn1nnnc1C(F)(F)F)[C@H]1C(=O)N2C(C(=O)O)=C(S[C@@H]3CN[C@H](C(=O)N(C)C)C3)[C@H](C)[C@H]12. The van der Waals surface area contributed by atoms with E-state index in [-0.39, 0.29) is 66.7 Å². The first-order valence-electron chi connectivity index (χ1n) is 12.4. The number of hydrogen-bond donors (Lipinski definition) is 3. The molecule has 39 heavy (non-hydrogen) atoms. The topological polar surface area (TPSA) is 155 Å². The number of halogens is 3. The molecule has 3 aliphatic heterocycles. The van der Waals surface area contributed by atoms with Gasteiger partial charge in [0.1, 0.15) is 5.70 Å². The molecule has 2 fully saturated rings. The number of hydrogen-bond acceptors (Lipinski definition) is 10. The standard InChI is InChI=1S/C22H31F3N8O5S/c1-10-15-14(11(2)27-9-38-6-5-32-21(22(23,24)25)28-29-30-32)19(35)33(15)16(20(36)37)17(10)39-12-7-13(26-8-12)18(34)31(3)4/h10-15,26-27H,5-9H2,1-4H3,(H,36,37)/t10-,11-,12+,13+,14-,15-/m1/s1. The second kappa shape index (κ2) is 11.4. The molecule has 6 atom stereocenters. The van der Waals surface area contributed by atoms with Crippen LogP contribution in [0, 0.1) is 11.8 Å². The van der Waals surface area contributed by atoms with Crippen LogP contribution in [0.2, 0.25) is 0 Å². The van der Waals surface area contributed by atoms with E-state index in [0.29, 0.717) is 22.6 Å². The van der Waals surface area contributed by atoms with Crippen LogP contribution in [-0.2, 0) is 31.8 Å². The van der Waals surface area contributed by atoms with Gasteiger partial charge in [0, 0.05) is 42.8 Å². The number of nitrogens with one attached hydrogen (secondary N) is 2. The number of thioether (sulfide) groups is 1. The van der Waals surface area contributed by atoms with Crippen LogP contribution < -0.4 is 10.6 Å². The number of nitrogens with zero attached hydrogens (tertiary/aromatic N) is 6. The molecule has 0 unspecified atom stereocenters. The third-order valence-corrected chi connectivity index (χ3v) is 8.70. The molecule has 2 saturated heterocycles. The molecule has 4 heterocycles. The highest BCUT2D eigenvalue weighted by Gasteiger charge is 2.60. The summed E-state index contributed by atoms with van der Waals surface area (Å²) in [6.45, 7) is 3.88. The smallest absolute Gasteiger partial charge is 0.453 e. The first-order valence-corrected chi connectivity index (χ1v) is 13.3. The lowest BCUT2D eigenvalue weighted by Gasteiger charge is -2.47. The summed E-state index contributed by atoms with van der Waals surface area (Å²) in [7, 11) is 3.37. The van der Waals surface area contributed by atoms with E-state index in [1.807, 2.05) is 6.92 Å². The number of carboxylic acid groups (broad SMARTS) is 1. The number of ether oxygens (including phenoxy) is 1. The van der Waals surface area contributed by atoms with E-state index in [9.17, 15) is 32.7 Å². The van der Waals surface area contributed by atoms with Crippen molar-refractivity contribution in [2.75, 3.05) is 34.0 Å². The van der Waals surface area contributed by atoms with Crippen LogP contribution in [0.1, 0.15) is 26.1 Å². The minimum absolute atomic E-state index is 0.00787. The van der Waals surface area contributed by atoms with Gasteiger partial charge in [-0.2, -0.15) is 13.2 Å². The predicted molar refractivity (Wildman–Crippen MR) is 131 cm³/mol. The fourth-order valence-corrected chi connectivity index (χ4v) is 6.75. The third-order valence-electron chi connectivity index (χ3n) is 7.19. The molecule has 0 saturated carbocycles. The number of tetrazole rings is 1. The number of aromatic nitrogens is 4. The van der Waals surface area contributed by atoms with Crippen LogP contribution in [0.4, 0.5) is 13.2 Å². The molecular formula is C22H31F3N8O5S. The van der Waals surface area contributed by atoms with Gasteiger partial charge < -0.3 is 25.0 Å². The molecular weight excluding hydrogens is 545 g/mol. The van der Waals surface area contributed by atoms with E-state index in [0.717, 1.165) is 0 Å². The Morgan fingerprint density at radius 2 is 2.08 bits per heavy atom. The average molecular weight is 577 g/mol. The van der Waals surface area contributed by atoms with E-state index in [2.05, 4.69) is 26.2 Å². The average Bonchev–Trinajstić information content (AvgIpc) is 3.57. The minimum Gasteiger partial charge on any atom is -0.477 e. The summed E-state index contributed by atoms with van der Waals surface area (Å²) in [4.78, 5) is 41.0. The van der Waals surface area contributed by atoms with Gasteiger partial charge in [0.25, 0.3) is 5.82 Å². The monoisotopic (exact) mass is 576 g/mol. The molecule has 17 heteroatoms. The van der Waals surface area contributed by atoms with Crippen LogP contribution in [0.5, 0.6) is 0 Å².